The lowest BCUT2D eigenvalue weighted by molar-refractivity contribution is -0.174. The number of hydrogen-bond acceptors (Lipinski definition) is 9. The van der Waals surface area contributed by atoms with Crippen molar-refractivity contribution < 1.29 is 34.2 Å². The Hall–Kier alpha value is -4.28. The molecule has 0 aliphatic carbocycles. The summed E-state index contributed by atoms with van der Waals surface area (Å²) in [7, 11) is 0. The van der Waals surface area contributed by atoms with Gasteiger partial charge in [0.25, 0.3) is 0 Å². The van der Waals surface area contributed by atoms with Gasteiger partial charge in [0.15, 0.2) is 11.9 Å². The smallest absolute Gasteiger partial charge is 0.337 e. The average molecular weight is 580 g/mol. The number of aromatic nitrogens is 3. The van der Waals surface area contributed by atoms with Crippen molar-refractivity contribution in [2.75, 3.05) is 6.79 Å². The molecule has 41 heavy (non-hydrogen) atoms. The predicted molar refractivity (Wildman–Crippen MR) is 150 cm³/mol. The Morgan fingerprint density at radius 1 is 1.00 bits per heavy atom. The van der Waals surface area contributed by atoms with Crippen LogP contribution in [0.15, 0.2) is 66.7 Å². The Bertz CT molecular complexity index is 1520. The predicted octanol–water partition coefficient (Wildman–Crippen LogP) is 5.02. The highest BCUT2D eigenvalue weighted by Crippen LogP contribution is 2.26. The molecule has 0 aliphatic heterocycles. The summed E-state index contributed by atoms with van der Waals surface area (Å²) in [4.78, 5) is 37.8. The van der Waals surface area contributed by atoms with Gasteiger partial charge in [0.1, 0.15) is 11.0 Å². The summed E-state index contributed by atoms with van der Waals surface area (Å²) in [6.45, 7) is 1.22. The summed E-state index contributed by atoms with van der Waals surface area (Å²) < 4.78 is 9.75. The molecule has 11 heteroatoms. The Balaban J connectivity index is 1.47. The summed E-state index contributed by atoms with van der Waals surface area (Å²) in [5.74, 6) is -2.14. The lowest BCUT2D eigenvalue weighted by Crippen LogP contribution is -2.28. The van der Waals surface area contributed by atoms with Gasteiger partial charge in [-0.05, 0) is 77.4 Å². The van der Waals surface area contributed by atoms with Crippen molar-refractivity contribution in [3.63, 3.8) is 0 Å². The minimum absolute atomic E-state index is 0.00434. The van der Waals surface area contributed by atoms with E-state index in [1.807, 2.05) is 49.4 Å². The molecule has 0 saturated carbocycles. The van der Waals surface area contributed by atoms with Crippen LogP contribution in [0.25, 0.3) is 22.2 Å². The van der Waals surface area contributed by atoms with Crippen LogP contribution in [0.4, 0.5) is 0 Å². The second-order valence-electron chi connectivity index (χ2n) is 9.69. The van der Waals surface area contributed by atoms with E-state index in [1.54, 1.807) is 18.2 Å². The largest absolute Gasteiger partial charge is 0.428 e. The fourth-order valence-corrected chi connectivity index (χ4v) is 4.66. The van der Waals surface area contributed by atoms with Gasteiger partial charge < -0.3 is 19.8 Å². The molecule has 214 valence electrons. The minimum Gasteiger partial charge on any atom is -0.428 e. The first-order valence-corrected chi connectivity index (χ1v) is 13.5. The van der Waals surface area contributed by atoms with Crippen molar-refractivity contribution in [2.24, 2.45) is 5.92 Å². The number of aliphatic hydroxyl groups is 1. The molecule has 1 aromatic heterocycles. The van der Waals surface area contributed by atoms with E-state index >= 15 is 0 Å². The average Bonchev–Trinajstić information content (AvgIpc) is 3.33. The number of nitrogens with zero attached hydrogens (tertiary/aromatic N) is 3. The molecule has 4 rings (SSSR count). The first-order valence-electron chi connectivity index (χ1n) is 13.2. The number of aliphatic hydroxyl groups excluding tert-OH is 1. The van der Waals surface area contributed by atoms with Crippen LogP contribution < -0.4 is 0 Å². The summed E-state index contributed by atoms with van der Waals surface area (Å²) in [5.41, 5.74) is 3.87. The normalized spacial score (nSPS) is 12.6. The maximum Gasteiger partial charge on any atom is 0.337 e. The molecule has 1 heterocycles. The van der Waals surface area contributed by atoms with Gasteiger partial charge in [-0.25, -0.2) is 4.79 Å². The van der Waals surface area contributed by atoms with Crippen molar-refractivity contribution >= 4 is 40.4 Å². The Labute approximate surface area is 241 Å². The molecule has 3 aromatic carbocycles. The fourth-order valence-electron chi connectivity index (χ4n) is 4.47. The number of rotatable bonds is 13. The topological polar surface area (TPSA) is 141 Å². The third-order valence-electron chi connectivity index (χ3n) is 6.56. The van der Waals surface area contributed by atoms with Crippen LogP contribution >= 0.6 is 11.6 Å². The SMILES string of the molecule is CCCC(=O)OCOC(=O)[C@H](O)C[C@H](CC(=O)c1ccc2nnn(O)c2c1)Cc1ccc(-c2cccc(Cl)c2)cc1. The summed E-state index contributed by atoms with van der Waals surface area (Å²) >= 11 is 6.12. The van der Waals surface area contributed by atoms with Crippen LogP contribution in [0, 0.1) is 5.92 Å². The van der Waals surface area contributed by atoms with Gasteiger partial charge in [-0.2, -0.15) is 0 Å². The number of benzene rings is 3. The Kier molecular flexibility index (Phi) is 10.0. The van der Waals surface area contributed by atoms with Crippen LogP contribution in [0.1, 0.15) is 48.5 Å². The van der Waals surface area contributed by atoms with Gasteiger partial charge >= 0.3 is 11.9 Å². The maximum absolute atomic E-state index is 13.3. The highest BCUT2D eigenvalue weighted by molar-refractivity contribution is 6.30. The van der Waals surface area contributed by atoms with Crippen molar-refractivity contribution in [1.29, 1.82) is 0 Å². The van der Waals surface area contributed by atoms with Crippen LogP contribution in [-0.2, 0) is 25.5 Å². The number of fused-ring (bicyclic) bond motifs is 1. The highest BCUT2D eigenvalue weighted by Gasteiger charge is 2.25. The molecule has 4 aromatic rings. The molecule has 2 atom stereocenters. The second-order valence-corrected chi connectivity index (χ2v) is 10.1. The monoisotopic (exact) mass is 579 g/mol. The fraction of sp³-hybridized carbons (Fsp3) is 0.300. The van der Waals surface area contributed by atoms with Crippen molar-refractivity contribution in [3.05, 3.63) is 82.9 Å². The van der Waals surface area contributed by atoms with Gasteiger partial charge in [-0.1, -0.05) is 59.8 Å². The van der Waals surface area contributed by atoms with E-state index in [9.17, 15) is 24.7 Å². The Morgan fingerprint density at radius 3 is 2.51 bits per heavy atom. The van der Waals surface area contributed by atoms with Gasteiger partial charge in [-0.3, -0.25) is 9.59 Å². The Morgan fingerprint density at radius 2 is 1.78 bits per heavy atom. The number of carbonyl (C=O) groups is 3. The number of esters is 2. The molecule has 0 aliphatic rings. The number of ether oxygens (including phenoxy) is 2. The molecular weight excluding hydrogens is 550 g/mol. The van der Waals surface area contributed by atoms with Crippen molar-refractivity contribution in [1.82, 2.24) is 15.2 Å². The van der Waals surface area contributed by atoms with E-state index in [0.717, 1.165) is 16.7 Å². The molecule has 0 bridgehead atoms. The van der Waals surface area contributed by atoms with E-state index in [0.29, 0.717) is 33.8 Å². The third kappa shape index (κ3) is 8.12. The molecule has 0 unspecified atom stereocenters. The van der Waals surface area contributed by atoms with Gasteiger partial charge in [0, 0.05) is 23.4 Å². The molecule has 0 fully saturated rings. The third-order valence-corrected chi connectivity index (χ3v) is 6.80. The second kappa shape index (κ2) is 13.9. The van der Waals surface area contributed by atoms with Crippen LogP contribution in [0.2, 0.25) is 5.02 Å². The highest BCUT2D eigenvalue weighted by atomic mass is 35.5. The molecular formula is C30H30ClN3O7. The van der Waals surface area contributed by atoms with Gasteiger partial charge in [0.2, 0.25) is 6.79 Å². The zero-order valence-corrected chi connectivity index (χ0v) is 23.2. The van der Waals surface area contributed by atoms with E-state index in [-0.39, 0.29) is 30.6 Å². The molecule has 0 spiro atoms. The van der Waals surface area contributed by atoms with Gasteiger partial charge in [0.05, 0.1) is 0 Å². The minimum atomic E-state index is -1.53. The van der Waals surface area contributed by atoms with Crippen molar-refractivity contribution in [2.45, 2.75) is 45.1 Å². The zero-order valence-electron chi connectivity index (χ0n) is 22.4. The summed E-state index contributed by atoms with van der Waals surface area (Å²) in [6, 6.07) is 19.9. The number of hydrogen-bond donors (Lipinski definition) is 2. The molecule has 2 N–H and O–H groups in total. The molecule has 10 nitrogen and oxygen atoms in total. The van der Waals surface area contributed by atoms with Crippen molar-refractivity contribution in [3.8, 4) is 11.1 Å². The first-order chi connectivity index (χ1) is 19.7. The maximum atomic E-state index is 13.3. The van der Waals surface area contributed by atoms with E-state index in [1.165, 1.54) is 6.07 Å². The van der Waals surface area contributed by atoms with Crippen LogP contribution in [-0.4, -0.2) is 56.1 Å². The van der Waals surface area contributed by atoms with E-state index in [4.69, 9.17) is 21.1 Å². The number of ketones is 1. The summed E-state index contributed by atoms with van der Waals surface area (Å²) in [6.07, 6.45) is -0.419. The summed E-state index contributed by atoms with van der Waals surface area (Å²) in [5, 5.41) is 28.4. The lowest BCUT2D eigenvalue weighted by Gasteiger charge is -2.20. The van der Waals surface area contributed by atoms with Crippen LogP contribution in [0.5, 0.6) is 0 Å². The lowest BCUT2D eigenvalue weighted by atomic mass is 9.87. The quantitative estimate of drug-likeness (QED) is 0.0966. The number of carbonyl (C=O) groups excluding carboxylic acids is 3. The standard InChI is InChI=1S/C30H30ClN3O7/c1-2-4-29(37)40-18-41-30(38)28(36)15-20(14-27(35)23-11-12-25-26(17-23)34(39)33-32-25)13-19-7-9-21(10-8-19)22-5-3-6-24(31)16-22/h3,5-12,16-17,20,28,36,39H,2,4,13-15,18H2,1H3/t20-,28+/m0/s1. The first kappa shape index (κ1) is 29.7. The zero-order chi connectivity index (χ0) is 29.4. The van der Waals surface area contributed by atoms with Gasteiger partial charge in [-0.15, -0.1) is 5.10 Å². The molecule has 0 radical (unpaired) electrons. The number of halogens is 1. The van der Waals surface area contributed by atoms with E-state index in [2.05, 4.69) is 10.3 Å². The number of Topliss-reactive ketones (excluding diaryl/α,β-unsaturated/α-hetero) is 1. The molecule has 0 amide bonds. The van der Waals surface area contributed by atoms with Crippen LogP contribution in [0.3, 0.4) is 0 Å². The van der Waals surface area contributed by atoms with E-state index < -0.39 is 30.8 Å². The molecule has 0 saturated heterocycles.